The van der Waals surface area contributed by atoms with E-state index < -0.39 is 0 Å². The molecule has 0 spiro atoms. The molecule has 0 heterocycles. The van der Waals surface area contributed by atoms with Crippen molar-refractivity contribution in [1.29, 1.82) is 0 Å². The van der Waals surface area contributed by atoms with Gasteiger partial charge in [0.05, 0.1) is 10.7 Å². The maximum absolute atomic E-state index is 13.6. The van der Waals surface area contributed by atoms with Crippen LogP contribution in [0.1, 0.15) is 11.1 Å². The molecule has 4 heteroatoms. The Hall–Kier alpha value is -1.06. The van der Waals surface area contributed by atoms with Gasteiger partial charge >= 0.3 is 0 Å². The van der Waals surface area contributed by atoms with Crippen LogP contribution < -0.4 is 5.32 Å². The normalized spacial score (nSPS) is 10.4. The quantitative estimate of drug-likeness (QED) is 0.820. The highest BCUT2D eigenvalue weighted by atomic mass is 79.9. The van der Waals surface area contributed by atoms with E-state index >= 15 is 0 Å². The summed E-state index contributed by atoms with van der Waals surface area (Å²) in [6.07, 6.45) is 0. The van der Waals surface area contributed by atoms with Crippen LogP contribution in [0.3, 0.4) is 0 Å². The zero-order valence-corrected chi connectivity index (χ0v) is 12.1. The number of benzene rings is 2. The monoisotopic (exact) mass is 327 g/mol. The summed E-state index contributed by atoms with van der Waals surface area (Å²) in [6.45, 7) is 2.54. The van der Waals surface area contributed by atoms with Gasteiger partial charge in [-0.25, -0.2) is 4.39 Å². The van der Waals surface area contributed by atoms with Crippen LogP contribution in [0.25, 0.3) is 0 Å². The van der Waals surface area contributed by atoms with E-state index in [9.17, 15) is 4.39 Å². The number of anilines is 1. The summed E-state index contributed by atoms with van der Waals surface area (Å²) < 4.78 is 14.6. The van der Waals surface area contributed by atoms with Crippen LogP contribution in [0, 0.1) is 12.7 Å². The molecule has 2 aromatic carbocycles. The van der Waals surface area contributed by atoms with E-state index in [-0.39, 0.29) is 5.82 Å². The second-order valence-corrected chi connectivity index (χ2v) is 5.31. The Labute approximate surface area is 119 Å². The van der Waals surface area contributed by atoms with Gasteiger partial charge in [0.2, 0.25) is 0 Å². The summed E-state index contributed by atoms with van der Waals surface area (Å²) in [6, 6.07) is 10.7. The molecule has 0 saturated heterocycles. The molecule has 0 aliphatic heterocycles. The molecule has 0 aliphatic carbocycles. The van der Waals surface area contributed by atoms with Crippen LogP contribution >= 0.6 is 27.5 Å². The number of hydrogen-bond donors (Lipinski definition) is 1. The van der Waals surface area contributed by atoms with E-state index in [1.165, 1.54) is 11.6 Å². The lowest BCUT2D eigenvalue weighted by atomic mass is 10.1. The van der Waals surface area contributed by atoms with Gasteiger partial charge in [-0.05, 0) is 36.2 Å². The lowest BCUT2D eigenvalue weighted by molar-refractivity contribution is 0.630. The smallest absolute Gasteiger partial charge is 0.147 e. The fraction of sp³-hybridized carbons (Fsp3) is 0.143. The standard InChI is InChI=1S/C14H12BrClFN/c1-9-5-6-10(11(15)7-9)8-18-14-12(16)3-2-4-13(14)17/h2-7,18H,8H2,1H3. The van der Waals surface area contributed by atoms with Gasteiger partial charge in [-0.1, -0.05) is 45.7 Å². The number of halogens is 3. The van der Waals surface area contributed by atoms with Gasteiger partial charge in [0.1, 0.15) is 5.82 Å². The van der Waals surface area contributed by atoms with Crippen LogP contribution in [0.5, 0.6) is 0 Å². The molecule has 0 aromatic heterocycles. The number of hydrogen-bond acceptors (Lipinski definition) is 1. The Bertz CT molecular complexity index is 551. The summed E-state index contributed by atoms with van der Waals surface area (Å²) >= 11 is 9.44. The Morgan fingerprint density at radius 3 is 2.72 bits per heavy atom. The summed E-state index contributed by atoms with van der Waals surface area (Å²) in [4.78, 5) is 0. The molecule has 0 radical (unpaired) electrons. The maximum Gasteiger partial charge on any atom is 0.147 e. The average molecular weight is 329 g/mol. The molecule has 1 nitrogen and oxygen atoms in total. The van der Waals surface area contributed by atoms with E-state index in [1.54, 1.807) is 12.1 Å². The summed E-state index contributed by atoms with van der Waals surface area (Å²) in [5.41, 5.74) is 2.57. The van der Waals surface area contributed by atoms with Crippen molar-refractivity contribution in [3.63, 3.8) is 0 Å². The van der Waals surface area contributed by atoms with Gasteiger partial charge in [0.15, 0.2) is 0 Å². The van der Waals surface area contributed by atoms with E-state index in [1.807, 2.05) is 25.1 Å². The third-order valence-electron chi connectivity index (χ3n) is 2.63. The van der Waals surface area contributed by atoms with E-state index in [0.717, 1.165) is 10.0 Å². The fourth-order valence-electron chi connectivity index (χ4n) is 1.65. The predicted octanol–water partition coefficient (Wildman–Crippen LogP) is 5.16. The molecule has 0 saturated carbocycles. The first-order chi connectivity index (χ1) is 8.58. The van der Waals surface area contributed by atoms with Gasteiger partial charge in [0, 0.05) is 11.0 Å². The molecule has 2 rings (SSSR count). The van der Waals surface area contributed by atoms with Gasteiger partial charge in [-0.3, -0.25) is 0 Å². The van der Waals surface area contributed by atoms with Crippen LogP contribution in [-0.4, -0.2) is 0 Å². The lowest BCUT2D eigenvalue weighted by Gasteiger charge is -2.11. The molecule has 1 N–H and O–H groups in total. The van der Waals surface area contributed by atoms with Crippen molar-refractivity contribution in [3.05, 3.63) is 62.8 Å². The molecule has 0 amide bonds. The molecular formula is C14H12BrClFN. The first-order valence-corrected chi connectivity index (χ1v) is 6.68. The second-order valence-electron chi connectivity index (χ2n) is 4.05. The molecule has 0 unspecified atom stereocenters. The Morgan fingerprint density at radius 1 is 1.28 bits per heavy atom. The third-order valence-corrected chi connectivity index (χ3v) is 3.68. The van der Waals surface area contributed by atoms with Gasteiger partial charge < -0.3 is 5.32 Å². The number of para-hydroxylation sites is 1. The maximum atomic E-state index is 13.6. The number of rotatable bonds is 3. The Balaban J connectivity index is 2.16. The van der Waals surface area contributed by atoms with Crippen molar-refractivity contribution in [1.82, 2.24) is 0 Å². The van der Waals surface area contributed by atoms with Crippen molar-refractivity contribution in [2.24, 2.45) is 0 Å². The highest BCUT2D eigenvalue weighted by Crippen LogP contribution is 2.26. The zero-order chi connectivity index (χ0) is 13.1. The van der Waals surface area contributed by atoms with Crippen molar-refractivity contribution < 1.29 is 4.39 Å². The first kappa shape index (κ1) is 13.4. The van der Waals surface area contributed by atoms with Crippen LogP contribution in [0.4, 0.5) is 10.1 Å². The average Bonchev–Trinajstić information content (AvgIpc) is 2.31. The van der Waals surface area contributed by atoms with E-state index in [2.05, 4.69) is 21.2 Å². The highest BCUT2D eigenvalue weighted by Gasteiger charge is 2.07. The van der Waals surface area contributed by atoms with Crippen LogP contribution in [0.2, 0.25) is 5.02 Å². The molecular weight excluding hydrogens is 317 g/mol. The third kappa shape index (κ3) is 3.03. The van der Waals surface area contributed by atoms with Crippen LogP contribution in [0.15, 0.2) is 40.9 Å². The molecule has 18 heavy (non-hydrogen) atoms. The molecule has 2 aromatic rings. The number of nitrogens with one attached hydrogen (secondary N) is 1. The largest absolute Gasteiger partial charge is 0.377 e. The summed E-state index contributed by atoms with van der Waals surface area (Å²) in [7, 11) is 0. The van der Waals surface area contributed by atoms with Crippen molar-refractivity contribution in [3.8, 4) is 0 Å². The molecule has 0 bridgehead atoms. The van der Waals surface area contributed by atoms with Gasteiger partial charge in [-0.15, -0.1) is 0 Å². The summed E-state index contributed by atoms with van der Waals surface area (Å²) in [5.74, 6) is -0.342. The minimum Gasteiger partial charge on any atom is -0.377 e. The fourth-order valence-corrected chi connectivity index (χ4v) is 2.51. The van der Waals surface area contributed by atoms with Gasteiger partial charge in [-0.2, -0.15) is 0 Å². The molecule has 94 valence electrons. The Morgan fingerprint density at radius 2 is 2.06 bits per heavy atom. The molecule has 0 aliphatic rings. The Kier molecular flexibility index (Phi) is 4.25. The topological polar surface area (TPSA) is 12.0 Å². The lowest BCUT2D eigenvalue weighted by Crippen LogP contribution is -2.02. The van der Waals surface area contributed by atoms with Crippen molar-refractivity contribution >= 4 is 33.2 Å². The van der Waals surface area contributed by atoms with E-state index in [4.69, 9.17) is 11.6 Å². The number of aryl methyl sites for hydroxylation is 1. The van der Waals surface area contributed by atoms with Crippen molar-refractivity contribution in [2.75, 3.05) is 5.32 Å². The first-order valence-electron chi connectivity index (χ1n) is 5.51. The minimum atomic E-state index is -0.342. The van der Waals surface area contributed by atoms with Gasteiger partial charge in [0.25, 0.3) is 0 Å². The van der Waals surface area contributed by atoms with Crippen molar-refractivity contribution in [2.45, 2.75) is 13.5 Å². The molecule has 0 atom stereocenters. The minimum absolute atomic E-state index is 0.339. The SMILES string of the molecule is Cc1ccc(CNc2c(F)cccc2Cl)c(Br)c1. The molecule has 0 fully saturated rings. The van der Waals surface area contributed by atoms with Crippen LogP contribution in [-0.2, 0) is 6.54 Å². The summed E-state index contributed by atoms with van der Waals surface area (Å²) in [5, 5.41) is 3.41. The second kappa shape index (κ2) is 5.72. The highest BCUT2D eigenvalue weighted by molar-refractivity contribution is 9.10. The zero-order valence-electron chi connectivity index (χ0n) is 9.81. The van der Waals surface area contributed by atoms with E-state index in [0.29, 0.717) is 17.3 Å². The predicted molar refractivity (Wildman–Crippen MR) is 77.6 cm³/mol.